The number of fused-ring (bicyclic) bond motifs is 2. The lowest BCUT2D eigenvalue weighted by Crippen LogP contribution is -2.49. The summed E-state index contributed by atoms with van der Waals surface area (Å²) in [6, 6.07) is 6.33. The first-order valence-electron chi connectivity index (χ1n) is 11.5. The minimum absolute atomic E-state index is 0.0546. The SMILES string of the molecule is O=c1nc(NCC(O)CN2CCN(c3nccc4ncc(C(F)(F)F)cc34)CC2)c2cc(F)ccc2o1. The van der Waals surface area contributed by atoms with Gasteiger partial charge in [-0.2, -0.15) is 18.2 Å². The second-order valence-electron chi connectivity index (χ2n) is 8.71. The third kappa shape index (κ3) is 5.47. The van der Waals surface area contributed by atoms with Gasteiger partial charge in [-0.3, -0.25) is 9.88 Å². The normalized spacial score (nSPS) is 15.9. The topological polar surface area (TPSA) is 108 Å². The fourth-order valence-corrected chi connectivity index (χ4v) is 4.34. The van der Waals surface area contributed by atoms with Crippen molar-refractivity contribution in [2.45, 2.75) is 12.3 Å². The van der Waals surface area contributed by atoms with Crippen LogP contribution in [0.15, 0.2) is 51.9 Å². The van der Waals surface area contributed by atoms with Gasteiger partial charge in [0.2, 0.25) is 0 Å². The number of aliphatic hydroxyl groups excluding tert-OH is 1. The molecule has 1 aromatic carbocycles. The number of benzene rings is 1. The van der Waals surface area contributed by atoms with E-state index in [1.54, 1.807) is 6.07 Å². The van der Waals surface area contributed by atoms with Crippen LogP contribution < -0.4 is 16.0 Å². The summed E-state index contributed by atoms with van der Waals surface area (Å²) in [7, 11) is 0. The van der Waals surface area contributed by atoms with Gasteiger partial charge in [0.25, 0.3) is 0 Å². The molecule has 13 heteroatoms. The average Bonchev–Trinajstić information content (AvgIpc) is 2.87. The summed E-state index contributed by atoms with van der Waals surface area (Å²) in [5, 5.41) is 14.0. The molecular formula is C24H22F4N6O3. The molecule has 1 atom stereocenters. The van der Waals surface area contributed by atoms with Crippen molar-refractivity contribution in [3.8, 4) is 0 Å². The van der Waals surface area contributed by atoms with Crippen LogP contribution in [0.5, 0.6) is 0 Å². The highest BCUT2D eigenvalue weighted by Crippen LogP contribution is 2.33. The van der Waals surface area contributed by atoms with Gasteiger partial charge in [0, 0.05) is 57.0 Å². The molecule has 2 N–H and O–H groups in total. The van der Waals surface area contributed by atoms with E-state index < -0.39 is 29.4 Å². The molecule has 0 bridgehead atoms. The number of piperazine rings is 1. The Hall–Kier alpha value is -3.84. The van der Waals surface area contributed by atoms with E-state index in [4.69, 9.17) is 4.42 Å². The van der Waals surface area contributed by atoms with Gasteiger partial charge in [-0.05, 0) is 30.3 Å². The number of hydrogen-bond acceptors (Lipinski definition) is 9. The lowest BCUT2D eigenvalue weighted by Gasteiger charge is -2.36. The summed E-state index contributed by atoms with van der Waals surface area (Å²) in [5.74, 6) is -0.808. The van der Waals surface area contributed by atoms with E-state index in [-0.39, 0.29) is 23.3 Å². The first-order chi connectivity index (χ1) is 17.7. The Morgan fingerprint density at radius 3 is 2.62 bits per heavy atom. The van der Waals surface area contributed by atoms with E-state index in [2.05, 4.69) is 20.3 Å². The van der Waals surface area contributed by atoms with Gasteiger partial charge in [0.1, 0.15) is 23.0 Å². The van der Waals surface area contributed by atoms with Crippen LogP contribution in [0.1, 0.15) is 5.56 Å². The number of pyridine rings is 2. The highest BCUT2D eigenvalue weighted by atomic mass is 19.4. The van der Waals surface area contributed by atoms with Crippen LogP contribution in [-0.2, 0) is 6.18 Å². The number of anilines is 2. The third-order valence-electron chi connectivity index (χ3n) is 6.16. The molecule has 0 amide bonds. The lowest BCUT2D eigenvalue weighted by molar-refractivity contribution is -0.137. The summed E-state index contributed by atoms with van der Waals surface area (Å²) in [4.78, 5) is 27.6. The number of nitrogens with zero attached hydrogens (tertiary/aromatic N) is 5. The van der Waals surface area contributed by atoms with Crippen LogP contribution in [0, 0.1) is 5.82 Å². The Morgan fingerprint density at radius 1 is 1.08 bits per heavy atom. The number of nitrogens with one attached hydrogen (secondary N) is 1. The molecule has 1 unspecified atom stereocenters. The summed E-state index contributed by atoms with van der Waals surface area (Å²) in [5.41, 5.74) is -0.225. The maximum Gasteiger partial charge on any atom is 0.441 e. The first-order valence-corrected chi connectivity index (χ1v) is 11.5. The quantitative estimate of drug-likeness (QED) is 0.373. The number of aromatic nitrogens is 3. The van der Waals surface area contributed by atoms with Crippen molar-refractivity contribution in [1.29, 1.82) is 0 Å². The van der Waals surface area contributed by atoms with Gasteiger partial charge in [-0.15, -0.1) is 0 Å². The lowest BCUT2D eigenvalue weighted by atomic mass is 10.1. The molecule has 0 aliphatic carbocycles. The molecule has 0 saturated carbocycles. The van der Waals surface area contributed by atoms with Crippen molar-refractivity contribution in [2.24, 2.45) is 0 Å². The molecule has 37 heavy (non-hydrogen) atoms. The number of aliphatic hydroxyl groups is 1. The highest BCUT2D eigenvalue weighted by molar-refractivity contribution is 5.90. The second kappa shape index (κ2) is 9.90. The molecule has 0 radical (unpaired) electrons. The van der Waals surface area contributed by atoms with Gasteiger partial charge in [-0.25, -0.2) is 14.2 Å². The smallest absolute Gasteiger partial charge is 0.408 e. The van der Waals surface area contributed by atoms with Crippen molar-refractivity contribution in [3.63, 3.8) is 0 Å². The summed E-state index contributed by atoms with van der Waals surface area (Å²) in [6.07, 6.45) is -3.00. The molecule has 194 valence electrons. The van der Waals surface area contributed by atoms with Crippen LogP contribution in [0.4, 0.5) is 29.2 Å². The van der Waals surface area contributed by atoms with Crippen molar-refractivity contribution in [3.05, 3.63) is 64.7 Å². The maximum absolute atomic E-state index is 13.6. The Morgan fingerprint density at radius 2 is 1.86 bits per heavy atom. The van der Waals surface area contributed by atoms with E-state index in [0.717, 1.165) is 12.3 Å². The molecule has 9 nitrogen and oxygen atoms in total. The Balaban J connectivity index is 1.21. The second-order valence-corrected chi connectivity index (χ2v) is 8.71. The van der Waals surface area contributed by atoms with Crippen molar-refractivity contribution in [2.75, 3.05) is 49.5 Å². The monoisotopic (exact) mass is 518 g/mol. The van der Waals surface area contributed by atoms with E-state index in [1.807, 2.05) is 9.80 Å². The van der Waals surface area contributed by atoms with Crippen molar-refractivity contribution < 1.29 is 27.1 Å². The highest BCUT2D eigenvalue weighted by Gasteiger charge is 2.32. The fraction of sp³-hybridized carbons (Fsp3) is 0.333. The van der Waals surface area contributed by atoms with E-state index >= 15 is 0 Å². The predicted octanol–water partition coefficient (Wildman–Crippen LogP) is 2.88. The van der Waals surface area contributed by atoms with Crippen LogP contribution in [0.25, 0.3) is 21.9 Å². The molecule has 1 aliphatic rings. The molecule has 0 spiro atoms. The number of rotatable bonds is 6. The van der Waals surface area contributed by atoms with Gasteiger partial charge >= 0.3 is 11.9 Å². The minimum atomic E-state index is -4.50. The van der Waals surface area contributed by atoms with Crippen molar-refractivity contribution in [1.82, 2.24) is 19.9 Å². The summed E-state index contributed by atoms with van der Waals surface area (Å²) < 4.78 is 58.2. The Kier molecular flexibility index (Phi) is 6.65. The van der Waals surface area contributed by atoms with E-state index in [9.17, 15) is 27.5 Å². The van der Waals surface area contributed by atoms with E-state index in [1.165, 1.54) is 24.4 Å². The molecular weight excluding hydrogens is 496 g/mol. The molecule has 3 aromatic heterocycles. The molecule has 1 aliphatic heterocycles. The zero-order valence-electron chi connectivity index (χ0n) is 19.4. The maximum atomic E-state index is 13.6. The molecule has 1 saturated heterocycles. The van der Waals surface area contributed by atoms with Crippen LogP contribution >= 0.6 is 0 Å². The summed E-state index contributed by atoms with van der Waals surface area (Å²) >= 11 is 0. The first kappa shape index (κ1) is 24.8. The summed E-state index contributed by atoms with van der Waals surface area (Å²) in [6.45, 7) is 2.43. The Labute approximate surface area is 207 Å². The predicted molar refractivity (Wildman–Crippen MR) is 128 cm³/mol. The molecule has 5 rings (SSSR count). The Bertz CT molecular complexity index is 1490. The number of β-amino-alcohol motifs (C(OH)–C–C–N with tert-alkyl or cyclic N) is 1. The fourth-order valence-electron chi connectivity index (χ4n) is 4.34. The van der Waals surface area contributed by atoms with Gasteiger partial charge in [0.05, 0.1) is 22.6 Å². The standard InChI is InChI=1S/C24H22F4N6O3/c25-15-1-2-20-18(10-15)21(32-23(36)37-20)31-12-16(35)13-33-5-7-34(8-6-33)22-17-9-14(24(26,27)28)11-30-19(17)3-4-29-22/h1-4,9-11,16,35H,5-8,12-13H2,(H,31,32,36). The van der Waals surface area contributed by atoms with Gasteiger partial charge < -0.3 is 19.7 Å². The van der Waals surface area contributed by atoms with Crippen molar-refractivity contribution >= 4 is 33.5 Å². The van der Waals surface area contributed by atoms with Crippen LogP contribution in [0.2, 0.25) is 0 Å². The van der Waals surface area contributed by atoms with E-state index in [0.29, 0.717) is 49.4 Å². The zero-order chi connectivity index (χ0) is 26.2. The largest absolute Gasteiger partial charge is 0.441 e. The van der Waals surface area contributed by atoms with Gasteiger partial charge in [0.15, 0.2) is 0 Å². The number of halogens is 4. The van der Waals surface area contributed by atoms with Gasteiger partial charge in [-0.1, -0.05) is 0 Å². The molecule has 1 fully saturated rings. The van der Waals surface area contributed by atoms with Crippen LogP contribution in [-0.4, -0.2) is 70.3 Å². The minimum Gasteiger partial charge on any atom is -0.408 e. The molecule has 4 heterocycles. The average molecular weight is 518 g/mol. The molecule has 4 aromatic rings. The zero-order valence-corrected chi connectivity index (χ0v) is 19.4. The van der Waals surface area contributed by atoms with Crippen LogP contribution in [0.3, 0.4) is 0 Å². The number of alkyl halides is 3. The number of hydrogen-bond donors (Lipinski definition) is 2. The third-order valence-corrected chi connectivity index (χ3v) is 6.16.